The van der Waals surface area contributed by atoms with Crippen molar-refractivity contribution in [3.63, 3.8) is 0 Å². The Labute approximate surface area is 194 Å². The minimum absolute atomic E-state index is 0.0752. The van der Waals surface area contributed by atoms with Gasteiger partial charge in [-0.3, -0.25) is 9.59 Å². The van der Waals surface area contributed by atoms with Crippen molar-refractivity contribution in [1.82, 2.24) is 5.32 Å². The molecule has 166 valence electrons. The van der Waals surface area contributed by atoms with Gasteiger partial charge in [0.05, 0.1) is 0 Å². The maximum Gasteiger partial charge on any atom is 0.321 e. The number of carbonyl (C=O) groups excluding carboxylic acids is 1. The van der Waals surface area contributed by atoms with Gasteiger partial charge in [-0.05, 0) is 17.5 Å². The van der Waals surface area contributed by atoms with E-state index >= 15 is 0 Å². The first-order valence-electron chi connectivity index (χ1n) is 10.8. The molecule has 0 amide bonds. The summed E-state index contributed by atoms with van der Waals surface area (Å²) in [6, 6.07) is 37.5. The van der Waals surface area contributed by atoms with Crippen LogP contribution in [0.1, 0.15) is 27.0 Å². The zero-order chi connectivity index (χ0) is 23.3. The standard InChI is InChI=1S/C16H17NO2.C13H10O/c18-16(19)15(11-13-7-3-1-4-8-13)17-12-14-9-5-2-6-10-14;14-13(11-7-3-1-4-8-11)12-9-5-2-6-10-12/h1-10,15,17H,11-12H2,(H,18,19);1-10H. The summed E-state index contributed by atoms with van der Waals surface area (Å²) in [5, 5.41) is 12.3. The molecule has 0 bridgehead atoms. The van der Waals surface area contributed by atoms with E-state index in [9.17, 15) is 14.7 Å². The molecule has 1 unspecified atom stereocenters. The second kappa shape index (κ2) is 12.7. The van der Waals surface area contributed by atoms with Crippen LogP contribution in [0.5, 0.6) is 0 Å². The molecule has 4 aromatic rings. The molecule has 4 heteroatoms. The lowest BCUT2D eigenvalue weighted by molar-refractivity contribution is -0.139. The van der Waals surface area contributed by atoms with Crippen LogP contribution in [-0.4, -0.2) is 22.9 Å². The van der Waals surface area contributed by atoms with E-state index in [1.54, 1.807) is 0 Å². The van der Waals surface area contributed by atoms with Gasteiger partial charge in [-0.15, -0.1) is 0 Å². The molecule has 0 saturated heterocycles. The SMILES string of the molecule is O=C(O)C(Cc1ccccc1)NCc1ccccc1.O=C(c1ccccc1)c1ccccc1. The summed E-state index contributed by atoms with van der Waals surface area (Å²) in [5.41, 5.74) is 3.58. The zero-order valence-electron chi connectivity index (χ0n) is 18.3. The van der Waals surface area contributed by atoms with Crippen molar-refractivity contribution in [3.05, 3.63) is 144 Å². The van der Waals surface area contributed by atoms with Gasteiger partial charge in [-0.1, -0.05) is 121 Å². The van der Waals surface area contributed by atoms with Crippen molar-refractivity contribution in [3.8, 4) is 0 Å². The quantitative estimate of drug-likeness (QED) is 0.363. The van der Waals surface area contributed by atoms with Crippen LogP contribution < -0.4 is 5.32 Å². The molecule has 0 spiro atoms. The predicted molar refractivity (Wildman–Crippen MR) is 131 cm³/mol. The Hall–Kier alpha value is -4.02. The molecule has 0 aliphatic carbocycles. The molecule has 0 heterocycles. The molecular weight excluding hydrogens is 410 g/mol. The van der Waals surface area contributed by atoms with Gasteiger partial charge in [0.1, 0.15) is 6.04 Å². The minimum Gasteiger partial charge on any atom is -0.480 e. The van der Waals surface area contributed by atoms with E-state index in [4.69, 9.17) is 0 Å². The lowest BCUT2D eigenvalue weighted by Crippen LogP contribution is -2.38. The van der Waals surface area contributed by atoms with Crippen molar-refractivity contribution < 1.29 is 14.7 Å². The fraction of sp³-hybridized carbons (Fsp3) is 0.103. The summed E-state index contributed by atoms with van der Waals surface area (Å²) in [6.45, 7) is 0.560. The first-order chi connectivity index (χ1) is 16.1. The van der Waals surface area contributed by atoms with Crippen molar-refractivity contribution in [2.24, 2.45) is 0 Å². The Bertz CT molecular complexity index is 1070. The molecule has 2 N–H and O–H groups in total. The van der Waals surface area contributed by atoms with Crippen LogP contribution in [0.4, 0.5) is 0 Å². The van der Waals surface area contributed by atoms with Gasteiger partial charge in [0.2, 0.25) is 0 Å². The van der Waals surface area contributed by atoms with E-state index < -0.39 is 12.0 Å². The summed E-state index contributed by atoms with van der Waals surface area (Å²) in [4.78, 5) is 23.1. The number of carboxylic acids is 1. The molecule has 0 aliphatic heterocycles. The highest BCUT2D eigenvalue weighted by atomic mass is 16.4. The summed E-state index contributed by atoms with van der Waals surface area (Å²) in [5.74, 6) is -0.744. The average molecular weight is 438 g/mol. The topological polar surface area (TPSA) is 66.4 Å². The molecular formula is C29H27NO3. The van der Waals surface area contributed by atoms with E-state index in [2.05, 4.69) is 5.32 Å². The van der Waals surface area contributed by atoms with Crippen molar-refractivity contribution in [2.75, 3.05) is 0 Å². The Morgan fingerprint density at radius 2 is 1.00 bits per heavy atom. The number of aliphatic carboxylic acids is 1. The van der Waals surface area contributed by atoms with E-state index in [-0.39, 0.29) is 5.78 Å². The predicted octanol–water partition coefficient (Wildman–Crippen LogP) is 5.39. The Balaban J connectivity index is 0.000000194. The van der Waals surface area contributed by atoms with E-state index in [0.717, 1.165) is 22.3 Å². The summed E-state index contributed by atoms with van der Waals surface area (Å²) in [6.07, 6.45) is 0.489. The minimum atomic E-state index is -0.820. The number of hydrogen-bond acceptors (Lipinski definition) is 3. The van der Waals surface area contributed by atoms with Crippen molar-refractivity contribution in [2.45, 2.75) is 19.0 Å². The second-order valence-corrected chi connectivity index (χ2v) is 7.51. The summed E-state index contributed by atoms with van der Waals surface area (Å²) >= 11 is 0. The molecule has 0 aliphatic rings. The van der Waals surface area contributed by atoms with E-state index in [0.29, 0.717) is 13.0 Å². The number of ketones is 1. The highest BCUT2D eigenvalue weighted by Crippen LogP contribution is 2.08. The van der Waals surface area contributed by atoms with Gasteiger partial charge in [-0.2, -0.15) is 0 Å². The number of carboxylic acid groups (broad SMARTS) is 1. The summed E-state index contributed by atoms with van der Waals surface area (Å²) in [7, 11) is 0. The van der Waals surface area contributed by atoms with Crippen LogP contribution in [0, 0.1) is 0 Å². The molecule has 0 saturated carbocycles. The first kappa shape index (κ1) is 23.6. The van der Waals surface area contributed by atoms with E-state index in [1.165, 1.54) is 0 Å². The Morgan fingerprint density at radius 3 is 1.42 bits per heavy atom. The molecule has 4 rings (SSSR count). The number of rotatable bonds is 8. The van der Waals surface area contributed by atoms with Crippen LogP contribution in [0.25, 0.3) is 0 Å². The number of carbonyl (C=O) groups is 2. The lowest BCUT2D eigenvalue weighted by Gasteiger charge is -2.14. The van der Waals surface area contributed by atoms with Crippen LogP contribution in [0.3, 0.4) is 0 Å². The zero-order valence-corrected chi connectivity index (χ0v) is 18.3. The van der Waals surface area contributed by atoms with Crippen molar-refractivity contribution >= 4 is 11.8 Å². The Kier molecular flexibility index (Phi) is 9.13. The van der Waals surface area contributed by atoms with Gasteiger partial charge in [0.25, 0.3) is 0 Å². The van der Waals surface area contributed by atoms with Crippen LogP contribution in [0.2, 0.25) is 0 Å². The smallest absolute Gasteiger partial charge is 0.321 e. The molecule has 4 aromatic carbocycles. The Morgan fingerprint density at radius 1 is 0.606 bits per heavy atom. The molecule has 4 nitrogen and oxygen atoms in total. The normalized spacial score (nSPS) is 11.0. The van der Waals surface area contributed by atoms with Crippen LogP contribution >= 0.6 is 0 Å². The number of nitrogens with one attached hydrogen (secondary N) is 1. The molecule has 0 fully saturated rings. The van der Waals surface area contributed by atoms with Gasteiger partial charge < -0.3 is 10.4 Å². The monoisotopic (exact) mass is 437 g/mol. The van der Waals surface area contributed by atoms with Gasteiger partial charge in [-0.25, -0.2) is 0 Å². The average Bonchev–Trinajstić information content (AvgIpc) is 2.88. The fourth-order valence-electron chi connectivity index (χ4n) is 3.28. The second-order valence-electron chi connectivity index (χ2n) is 7.51. The van der Waals surface area contributed by atoms with Crippen LogP contribution in [-0.2, 0) is 17.8 Å². The highest BCUT2D eigenvalue weighted by molar-refractivity contribution is 6.08. The largest absolute Gasteiger partial charge is 0.480 e. The maximum atomic E-state index is 11.8. The maximum absolute atomic E-state index is 11.8. The number of hydrogen-bond donors (Lipinski definition) is 2. The third-order valence-corrected chi connectivity index (χ3v) is 5.05. The first-order valence-corrected chi connectivity index (χ1v) is 10.8. The highest BCUT2D eigenvalue weighted by Gasteiger charge is 2.16. The number of benzene rings is 4. The van der Waals surface area contributed by atoms with Gasteiger partial charge in [0.15, 0.2) is 5.78 Å². The van der Waals surface area contributed by atoms with E-state index in [1.807, 2.05) is 121 Å². The third-order valence-electron chi connectivity index (χ3n) is 5.05. The third kappa shape index (κ3) is 7.87. The van der Waals surface area contributed by atoms with Gasteiger partial charge in [0, 0.05) is 17.7 Å². The molecule has 0 aromatic heterocycles. The molecule has 1 atom stereocenters. The summed E-state index contributed by atoms with van der Waals surface area (Å²) < 4.78 is 0. The van der Waals surface area contributed by atoms with Gasteiger partial charge >= 0.3 is 5.97 Å². The van der Waals surface area contributed by atoms with Crippen LogP contribution in [0.15, 0.2) is 121 Å². The lowest BCUT2D eigenvalue weighted by atomic mass is 10.0. The molecule has 33 heavy (non-hydrogen) atoms. The van der Waals surface area contributed by atoms with Crippen molar-refractivity contribution in [1.29, 1.82) is 0 Å². The fourth-order valence-corrected chi connectivity index (χ4v) is 3.28. The molecule has 0 radical (unpaired) electrons.